The van der Waals surface area contributed by atoms with Crippen LogP contribution in [-0.4, -0.2) is 0 Å². The highest BCUT2D eigenvalue weighted by molar-refractivity contribution is 5.85. The van der Waals surface area contributed by atoms with Crippen molar-refractivity contribution in [2.75, 3.05) is 0 Å². The summed E-state index contributed by atoms with van der Waals surface area (Å²) in [7, 11) is 0. The summed E-state index contributed by atoms with van der Waals surface area (Å²) in [6, 6.07) is 0.606. The van der Waals surface area contributed by atoms with Gasteiger partial charge < -0.3 is 5.73 Å². The molecule has 21 heavy (non-hydrogen) atoms. The molecule has 8 heteroatoms. The normalized spacial score (nSPS) is 14.0. The Hall–Kier alpha value is -0.950. The number of rotatable bonds is 3. The number of benzene rings is 1. The Kier molecular flexibility index (Phi) is 6.56. The van der Waals surface area contributed by atoms with Gasteiger partial charge in [0.05, 0.1) is 11.1 Å². The van der Waals surface area contributed by atoms with E-state index >= 15 is 0 Å². The zero-order chi connectivity index (χ0) is 15.7. The van der Waals surface area contributed by atoms with Gasteiger partial charge in [0.2, 0.25) is 0 Å². The molecule has 0 aliphatic carbocycles. The van der Waals surface area contributed by atoms with Crippen LogP contribution in [0.15, 0.2) is 18.2 Å². The van der Waals surface area contributed by atoms with E-state index in [4.69, 9.17) is 5.73 Å². The van der Waals surface area contributed by atoms with Crippen LogP contribution >= 0.6 is 12.4 Å². The third-order valence-electron chi connectivity index (χ3n) is 2.76. The maximum Gasteiger partial charge on any atom is 0.416 e. The molecule has 2 N–H and O–H groups in total. The smallest absolute Gasteiger partial charge is 0.324 e. The van der Waals surface area contributed by atoms with Crippen molar-refractivity contribution in [3.05, 3.63) is 34.9 Å². The number of hydrogen-bond acceptors (Lipinski definition) is 1. The monoisotopic (exact) mass is 335 g/mol. The van der Waals surface area contributed by atoms with Crippen molar-refractivity contribution >= 4 is 12.4 Å². The van der Waals surface area contributed by atoms with E-state index in [0.29, 0.717) is 18.6 Å². The molecule has 1 rings (SSSR count). The fourth-order valence-corrected chi connectivity index (χ4v) is 1.84. The van der Waals surface area contributed by atoms with Gasteiger partial charge in [-0.3, -0.25) is 0 Å². The van der Waals surface area contributed by atoms with Crippen LogP contribution in [0.2, 0.25) is 0 Å². The molecule has 1 atom stereocenters. The second kappa shape index (κ2) is 6.87. The molecule has 1 nitrogen and oxygen atoms in total. The Balaban J connectivity index is 0.00000400. The quantitative estimate of drug-likeness (QED) is 0.756. The number of halogens is 7. The summed E-state index contributed by atoms with van der Waals surface area (Å²) in [5.74, 6) is 0.0638. The number of hydrogen-bond donors (Lipinski definition) is 1. The van der Waals surface area contributed by atoms with Gasteiger partial charge in [0.1, 0.15) is 0 Å². The highest BCUT2D eigenvalue weighted by Crippen LogP contribution is 2.37. The molecule has 0 radical (unpaired) electrons. The maximum absolute atomic E-state index is 12.7. The summed E-state index contributed by atoms with van der Waals surface area (Å²) >= 11 is 0. The van der Waals surface area contributed by atoms with Gasteiger partial charge in [-0.2, -0.15) is 26.3 Å². The first kappa shape index (κ1) is 20.1. The standard InChI is InChI=1S/C13H15F6N.ClH/c1-7(2)3-11(20)8-4-9(12(14,15)16)6-10(5-8)13(17,18)19;/h4-7,11H,3,20H2,1-2H3;1H/t11-;/m0./s1. The number of alkyl halides is 6. The molecule has 0 spiro atoms. The molecule has 122 valence electrons. The molecule has 0 bridgehead atoms. The third-order valence-corrected chi connectivity index (χ3v) is 2.76. The van der Waals surface area contributed by atoms with Crippen LogP contribution in [0.4, 0.5) is 26.3 Å². The second-order valence-electron chi connectivity index (χ2n) is 5.08. The Morgan fingerprint density at radius 2 is 1.29 bits per heavy atom. The van der Waals surface area contributed by atoms with Crippen molar-refractivity contribution < 1.29 is 26.3 Å². The first-order chi connectivity index (χ1) is 8.91. The van der Waals surface area contributed by atoms with Crippen molar-refractivity contribution in [1.29, 1.82) is 0 Å². The third kappa shape index (κ3) is 5.74. The van der Waals surface area contributed by atoms with Crippen molar-refractivity contribution in [2.45, 2.75) is 38.7 Å². The maximum atomic E-state index is 12.7. The predicted octanol–water partition coefficient (Wildman–Crippen LogP) is 5.19. The fraction of sp³-hybridized carbons (Fsp3) is 0.538. The molecule has 0 unspecified atom stereocenters. The molecular formula is C13H16ClF6N. The SMILES string of the molecule is CC(C)C[C@H](N)c1cc(C(F)(F)F)cc(C(F)(F)F)c1.Cl. The van der Waals surface area contributed by atoms with Gasteiger partial charge in [0.15, 0.2) is 0 Å². The average molecular weight is 336 g/mol. The van der Waals surface area contributed by atoms with Crippen molar-refractivity contribution in [2.24, 2.45) is 11.7 Å². The van der Waals surface area contributed by atoms with E-state index in [9.17, 15) is 26.3 Å². The van der Waals surface area contributed by atoms with Gasteiger partial charge in [-0.1, -0.05) is 13.8 Å². The molecule has 0 amide bonds. The highest BCUT2D eigenvalue weighted by Gasteiger charge is 2.37. The van der Waals surface area contributed by atoms with Crippen LogP contribution in [0.3, 0.4) is 0 Å². The lowest BCUT2D eigenvalue weighted by molar-refractivity contribution is -0.143. The second-order valence-corrected chi connectivity index (χ2v) is 5.08. The van der Waals surface area contributed by atoms with Crippen LogP contribution in [0.1, 0.15) is 43.0 Å². The number of nitrogens with two attached hydrogens (primary N) is 1. The van der Waals surface area contributed by atoms with Crippen LogP contribution in [0.25, 0.3) is 0 Å². The minimum absolute atomic E-state index is 0. The lowest BCUT2D eigenvalue weighted by atomic mass is 9.94. The van der Waals surface area contributed by atoms with Gasteiger partial charge in [0, 0.05) is 6.04 Å². The largest absolute Gasteiger partial charge is 0.416 e. The van der Waals surface area contributed by atoms with Crippen molar-refractivity contribution in [3.8, 4) is 0 Å². The van der Waals surface area contributed by atoms with E-state index in [1.165, 1.54) is 0 Å². The Labute approximate surface area is 124 Å². The summed E-state index contributed by atoms with van der Waals surface area (Å²) in [5.41, 5.74) is 2.87. The molecular weight excluding hydrogens is 320 g/mol. The van der Waals surface area contributed by atoms with Crippen LogP contribution in [-0.2, 0) is 12.4 Å². The molecule has 0 aliphatic heterocycles. The summed E-state index contributed by atoms with van der Waals surface area (Å²) in [4.78, 5) is 0. The van der Waals surface area contributed by atoms with E-state index in [-0.39, 0.29) is 30.0 Å². The van der Waals surface area contributed by atoms with Gasteiger partial charge in [-0.05, 0) is 36.1 Å². The molecule has 0 heterocycles. The summed E-state index contributed by atoms with van der Waals surface area (Å²) in [5, 5.41) is 0. The van der Waals surface area contributed by atoms with E-state index in [1.807, 2.05) is 0 Å². The Morgan fingerprint density at radius 3 is 1.57 bits per heavy atom. The van der Waals surface area contributed by atoms with Gasteiger partial charge in [-0.15, -0.1) is 12.4 Å². The molecule has 1 aromatic carbocycles. The Morgan fingerprint density at radius 1 is 0.905 bits per heavy atom. The van der Waals surface area contributed by atoms with E-state index in [1.54, 1.807) is 13.8 Å². The first-order valence-electron chi connectivity index (χ1n) is 5.96. The molecule has 1 aromatic rings. The van der Waals surface area contributed by atoms with Gasteiger partial charge >= 0.3 is 12.4 Å². The Bertz CT molecular complexity index is 434. The molecule has 0 aliphatic rings. The molecule has 0 fully saturated rings. The van der Waals surface area contributed by atoms with Gasteiger partial charge in [-0.25, -0.2) is 0 Å². The average Bonchev–Trinajstić information content (AvgIpc) is 2.25. The predicted molar refractivity (Wildman–Crippen MR) is 70.1 cm³/mol. The van der Waals surface area contributed by atoms with Crippen molar-refractivity contribution in [3.63, 3.8) is 0 Å². The van der Waals surface area contributed by atoms with E-state index in [2.05, 4.69) is 0 Å². The molecule has 0 saturated carbocycles. The topological polar surface area (TPSA) is 26.0 Å². The summed E-state index contributed by atoms with van der Waals surface area (Å²) in [6.45, 7) is 3.58. The zero-order valence-electron chi connectivity index (χ0n) is 11.3. The van der Waals surface area contributed by atoms with Crippen LogP contribution in [0.5, 0.6) is 0 Å². The van der Waals surface area contributed by atoms with E-state index in [0.717, 1.165) is 0 Å². The molecule has 0 saturated heterocycles. The zero-order valence-corrected chi connectivity index (χ0v) is 12.2. The first-order valence-corrected chi connectivity index (χ1v) is 5.96. The van der Waals surface area contributed by atoms with E-state index < -0.39 is 29.5 Å². The minimum Gasteiger partial charge on any atom is -0.324 e. The summed E-state index contributed by atoms with van der Waals surface area (Å²) < 4.78 is 75.9. The van der Waals surface area contributed by atoms with Crippen LogP contribution < -0.4 is 5.73 Å². The fourth-order valence-electron chi connectivity index (χ4n) is 1.84. The van der Waals surface area contributed by atoms with Gasteiger partial charge in [0.25, 0.3) is 0 Å². The summed E-state index contributed by atoms with van der Waals surface area (Å²) in [6.07, 6.45) is -9.38. The van der Waals surface area contributed by atoms with Crippen molar-refractivity contribution in [1.82, 2.24) is 0 Å². The highest BCUT2D eigenvalue weighted by atomic mass is 35.5. The minimum atomic E-state index is -4.84. The lowest BCUT2D eigenvalue weighted by Gasteiger charge is -2.19. The lowest BCUT2D eigenvalue weighted by Crippen LogP contribution is -2.17. The van der Waals surface area contributed by atoms with Crippen LogP contribution in [0, 0.1) is 5.92 Å². The molecule has 0 aromatic heterocycles.